The number of fused-ring (bicyclic) bond motifs is 3. The normalized spacial score (nSPS) is 41.3. The van der Waals surface area contributed by atoms with Crippen molar-refractivity contribution >= 4 is 12.8 Å². The quantitative estimate of drug-likeness (QED) is 0.676. The van der Waals surface area contributed by atoms with Gasteiger partial charge in [0.2, 0.25) is 0 Å². The molecule has 4 atom stereocenters. The molecular weight excluding hydrogens is 240 g/mol. The molecule has 0 spiro atoms. The smallest absolute Gasteiger partial charge is 0.0131 e. The lowest BCUT2D eigenvalue weighted by Gasteiger charge is -2.35. The first kappa shape index (κ1) is 14.7. The lowest BCUT2D eigenvalue weighted by Crippen LogP contribution is -2.31. The third-order valence-corrected chi connectivity index (χ3v) is 5.41. The molecule has 3 rings (SSSR count). The Hall–Kier alpha value is 0.270. The van der Waals surface area contributed by atoms with Gasteiger partial charge in [-0.25, -0.2) is 0 Å². The topological polar surface area (TPSA) is 6.48 Å². The molecule has 0 aromatic rings. The van der Waals surface area contributed by atoms with Crippen LogP contribution in [0.3, 0.4) is 0 Å². The lowest BCUT2D eigenvalue weighted by atomic mass is 9.70. The summed E-state index contributed by atoms with van der Waals surface area (Å²) in [4.78, 5) is 2.54. The van der Waals surface area contributed by atoms with Crippen LogP contribution in [0.25, 0.3) is 0 Å². The minimum atomic E-state index is 0.885. The molecule has 106 valence electrons. The molecule has 0 amide bonds. The van der Waals surface area contributed by atoms with Crippen molar-refractivity contribution in [3.8, 4) is 0 Å². The number of hydrogen-bond acceptors (Lipinski definition) is 3. The molecule has 0 N–H and O–H groups in total. The van der Waals surface area contributed by atoms with Gasteiger partial charge in [-0.1, -0.05) is 39.5 Å². The van der Waals surface area contributed by atoms with E-state index in [1.165, 1.54) is 51.9 Å². The zero-order chi connectivity index (χ0) is 13.1. The standard InChI is InChI=1S/C13H24N2S.C2H6/c1-14-6-11-8-15(16)7-10-4-2-3-5-12(10)13(11)9-14;1-2/h10-13,16H,2-9H2,1H3;1-2H3. The third-order valence-electron chi connectivity index (χ3n) is 5.08. The van der Waals surface area contributed by atoms with E-state index in [-0.39, 0.29) is 0 Å². The van der Waals surface area contributed by atoms with Gasteiger partial charge in [0, 0.05) is 26.2 Å². The summed E-state index contributed by atoms with van der Waals surface area (Å²) >= 11 is 4.67. The van der Waals surface area contributed by atoms with Crippen molar-refractivity contribution in [2.75, 3.05) is 33.2 Å². The van der Waals surface area contributed by atoms with Gasteiger partial charge < -0.3 is 4.90 Å². The second-order valence-corrected chi connectivity index (χ2v) is 6.79. The van der Waals surface area contributed by atoms with Crippen molar-refractivity contribution in [1.29, 1.82) is 0 Å². The van der Waals surface area contributed by atoms with E-state index in [4.69, 9.17) is 0 Å². The van der Waals surface area contributed by atoms with Gasteiger partial charge in [0.1, 0.15) is 0 Å². The second-order valence-electron chi connectivity index (χ2n) is 6.23. The summed E-state index contributed by atoms with van der Waals surface area (Å²) in [6.07, 6.45) is 5.87. The molecule has 3 heteroatoms. The van der Waals surface area contributed by atoms with E-state index in [0.717, 1.165) is 23.7 Å². The Morgan fingerprint density at radius 1 is 0.833 bits per heavy atom. The summed E-state index contributed by atoms with van der Waals surface area (Å²) in [5.74, 6) is 3.79. The van der Waals surface area contributed by atoms with E-state index < -0.39 is 0 Å². The molecule has 1 saturated carbocycles. The van der Waals surface area contributed by atoms with Crippen molar-refractivity contribution in [2.24, 2.45) is 23.7 Å². The highest BCUT2D eigenvalue weighted by molar-refractivity contribution is 7.77. The van der Waals surface area contributed by atoms with Crippen LogP contribution in [0, 0.1) is 23.7 Å². The number of nitrogens with zero attached hydrogens (tertiary/aromatic N) is 2. The highest BCUT2D eigenvalue weighted by Gasteiger charge is 2.43. The van der Waals surface area contributed by atoms with E-state index in [1.807, 2.05) is 13.8 Å². The van der Waals surface area contributed by atoms with Gasteiger partial charge in [0.15, 0.2) is 0 Å². The van der Waals surface area contributed by atoms with Crippen LogP contribution in [0.2, 0.25) is 0 Å². The first-order chi connectivity index (χ1) is 8.74. The van der Waals surface area contributed by atoms with Crippen LogP contribution in [0.1, 0.15) is 39.5 Å². The van der Waals surface area contributed by atoms with Crippen LogP contribution < -0.4 is 0 Å². The maximum absolute atomic E-state index is 4.67. The average Bonchev–Trinajstić information content (AvgIpc) is 2.67. The highest BCUT2D eigenvalue weighted by atomic mass is 32.1. The summed E-state index contributed by atoms with van der Waals surface area (Å²) in [7, 11) is 2.29. The van der Waals surface area contributed by atoms with Gasteiger partial charge in [-0.2, -0.15) is 0 Å². The molecule has 18 heavy (non-hydrogen) atoms. The zero-order valence-electron chi connectivity index (χ0n) is 12.3. The molecule has 0 aromatic carbocycles. The maximum atomic E-state index is 4.67. The number of likely N-dealkylation sites (tertiary alicyclic amines) is 1. The summed E-state index contributed by atoms with van der Waals surface area (Å²) < 4.78 is 2.31. The van der Waals surface area contributed by atoms with Gasteiger partial charge in [-0.05, 0) is 43.6 Å². The van der Waals surface area contributed by atoms with Crippen molar-refractivity contribution in [3.05, 3.63) is 0 Å². The SMILES string of the molecule is CC.CN1CC2CN(S)CC3CCCCC3C2C1. The number of rotatable bonds is 0. The summed E-state index contributed by atoms with van der Waals surface area (Å²) in [6, 6.07) is 0. The predicted octanol–water partition coefficient (Wildman–Crippen LogP) is 3.16. The Morgan fingerprint density at radius 2 is 1.50 bits per heavy atom. The van der Waals surface area contributed by atoms with Gasteiger partial charge in [0.05, 0.1) is 0 Å². The van der Waals surface area contributed by atoms with Crippen LogP contribution >= 0.6 is 12.8 Å². The summed E-state index contributed by atoms with van der Waals surface area (Å²) in [5.41, 5.74) is 0. The molecule has 0 aromatic heterocycles. The average molecular weight is 270 g/mol. The van der Waals surface area contributed by atoms with E-state index in [1.54, 1.807) is 0 Å². The molecule has 0 radical (unpaired) electrons. The van der Waals surface area contributed by atoms with Gasteiger partial charge in [-0.3, -0.25) is 4.31 Å². The number of hydrogen-bond donors (Lipinski definition) is 1. The summed E-state index contributed by atoms with van der Waals surface area (Å²) in [6.45, 7) is 9.09. The second kappa shape index (κ2) is 6.62. The lowest BCUT2D eigenvalue weighted by molar-refractivity contribution is 0.157. The molecule has 2 aliphatic heterocycles. The Labute approximate surface area is 119 Å². The Bertz CT molecular complexity index is 257. The fourth-order valence-corrected chi connectivity index (χ4v) is 4.86. The minimum Gasteiger partial charge on any atom is -0.306 e. The van der Waals surface area contributed by atoms with E-state index in [9.17, 15) is 0 Å². The third kappa shape index (κ3) is 3.05. The van der Waals surface area contributed by atoms with Gasteiger partial charge in [-0.15, -0.1) is 0 Å². The van der Waals surface area contributed by atoms with E-state index in [2.05, 4.69) is 29.1 Å². The highest BCUT2D eigenvalue weighted by Crippen LogP contribution is 2.44. The first-order valence-electron chi connectivity index (χ1n) is 7.86. The monoisotopic (exact) mass is 270 g/mol. The van der Waals surface area contributed by atoms with Crippen LogP contribution in [0.4, 0.5) is 0 Å². The molecule has 2 nitrogen and oxygen atoms in total. The van der Waals surface area contributed by atoms with Gasteiger partial charge >= 0.3 is 0 Å². The molecule has 4 unspecified atom stereocenters. The first-order valence-corrected chi connectivity index (χ1v) is 8.26. The molecule has 2 heterocycles. The van der Waals surface area contributed by atoms with E-state index in [0.29, 0.717) is 0 Å². The molecule has 3 fully saturated rings. The zero-order valence-corrected chi connectivity index (χ0v) is 13.2. The van der Waals surface area contributed by atoms with E-state index >= 15 is 0 Å². The predicted molar refractivity (Wildman–Crippen MR) is 81.8 cm³/mol. The fourth-order valence-electron chi connectivity index (χ4n) is 4.44. The molecule has 3 aliphatic rings. The fraction of sp³-hybridized carbons (Fsp3) is 1.00. The number of thiol groups is 1. The van der Waals surface area contributed by atoms with Crippen molar-refractivity contribution in [1.82, 2.24) is 9.21 Å². The molecule has 2 saturated heterocycles. The molecular formula is C15H30N2S. The molecule has 1 aliphatic carbocycles. The van der Waals surface area contributed by atoms with Crippen LogP contribution in [-0.2, 0) is 0 Å². The molecule has 0 bridgehead atoms. The van der Waals surface area contributed by atoms with Gasteiger partial charge in [0.25, 0.3) is 0 Å². The van der Waals surface area contributed by atoms with Crippen LogP contribution in [-0.4, -0.2) is 42.4 Å². The van der Waals surface area contributed by atoms with Crippen molar-refractivity contribution in [2.45, 2.75) is 39.5 Å². The van der Waals surface area contributed by atoms with Crippen LogP contribution in [0.5, 0.6) is 0 Å². The van der Waals surface area contributed by atoms with Crippen molar-refractivity contribution in [3.63, 3.8) is 0 Å². The summed E-state index contributed by atoms with van der Waals surface area (Å²) in [5, 5.41) is 0. The van der Waals surface area contributed by atoms with Crippen LogP contribution in [0.15, 0.2) is 0 Å². The Kier molecular flexibility index (Phi) is 5.40. The minimum absolute atomic E-state index is 0.885. The largest absolute Gasteiger partial charge is 0.306 e. The Morgan fingerprint density at radius 3 is 2.28 bits per heavy atom. The Balaban J connectivity index is 0.000000574. The maximum Gasteiger partial charge on any atom is 0.0131 e. The van der Waals surface area contributed by atoms with Crippen molar-refractivity contribution < 1.29 is 0 Å².